The van der Waals surface area contributed by atoms with Crippen molar-refractivity contribution >= 4 is 17.7 Å². The predicted octanol–water partition coefficient (Wildman–Crippen LogP) is 1.61. The van der Waals surface area contributed by atoms with E-state index in [2.05, 4.69) is 36.6 Å². The Morgan fingerprint density at radius 2 is 2.22 bits per heavy atom. The zero-order chi connectivity index (χ0) is 16.4. The van der Waals surface area contributed by atoms with E-state index in [1.807, 2.05) is 30.0 Å². The highest BCUT2D eigenvalue weighted by Gasteiger charge is 2.64. The smallest absolute Gasteiger partial charge is 0.239 e. The summed E-state index contributed by atoms with van der Waals surface area (Å²) in [6.45, 7) is 5.00. The molecule has 0 bridgehead atoms. The third kappa shape index (κ3) is 3.55. The van der Waals surface area contributed by atoms with Gasteiger partial charge in [-0.05, 0) is 17.9 Å². The van der Waals surface area contributed by atoms with Crippen LogP contribution in [0.1, 0.15) is 31.1 Å². The van der Waals surface area contributed by atoms with Crippen LogP contribution in [-0.2, 0) is 9.53 Å². The Kier molecular flexibility index (Phi) is 4.96. The van der Waals surface area contributed by atoms with Crippen LogP contribution in [-0.4, -0.2) is 36.2 Å². The maximum atomic E-state index is 12.5. The fraction of sp³-hybridized carbons (Fsp3) is 0.588. The first-order chi connectivity index (χ1) is 11.0. The number of carbonyl (C=O) groups excluding carboxylic acids is 1. The van der Waals surface area contributed by atoms with Crippen LogP contribution in [0.5, 0.6) is 0 Å². The minimum atomic E-state index is -0.686. The van der Waals surface area contributed by atoms with Gasteiger partial charge in [-0.2, -0.15) is 0 Å². The maximum Gasteiger partial charge on any atom is 0.239 e. The first-order valence-electron chi connectivity index (χ1n) is 8.18. The van der Waals surface area contributed by atoms with E-state index in [4.69, 9.17) is 10.5 Å². The van der Waals surface area contributed by atoms with Gasteiger partial charge in [-0.1, -0.05) is 44.2 Å². The molecule has 0 spiro atoms. The molecule has 2 saturated heterocycles. The number of benzene rings is 1. The van der Waals surface area contributed by atoms with Gasteiger partial charge in [0.2, 0.25) is 5.91 Å². The lowest BCUT2D eigenvalue weighted by molar-refractivity contribution is -0.124. The van der Waals surface area contributed by atoms with Crippen molar-refractivity contribution in [2.45, 2.75) is 43.5 Å². The molecule has 0 saturated carbocycles. The fourth-order valence-electron chi connectivity index (χ4n) is 3.08. The van der Waals surface area contributed by atoms with Crippen LogP contribution in [0, 0.1) is 5.92 Å². The lowest BCUT2D eigenvalue weighted by Crippen LogP contribution is -2.51. The minimum Gasteiger partial charge on any atom is -0.327 e. The topological polar surface area (TPSA) is 79.7 Å². The maximum absolute atomic E-state index is 12.5. The molecule has 1 aromatic carbocycles. The highest BCUT2D eigenvalue weighted by atomic mass is 32.2. The first-order valence-corrected chi connectivity index (χ1v) is 9.23. The van der Waals surface area contributed by atoms with Gasteiger partial charge in [0, 0.05) is 12.3 Å². The Morgan fingerprint density at radius 3 is 2.91 bits per heavy atom. The normalized spacial score (nSPS) is 31.1. The van der Waals surface area contributed by atoms with Crippen LogP contribution < -0.4 is 16.4 Å². The molecule has 6 heteroatoms. The quantitative estimate of drug-likeness (QED) is 0.713. The number of amides is 1. The SMILES string of the molecule is CC(C)C[C@H](N)C(=O)NC12OC1NCCSC2c1ccccc1. The van der Waals surface area contributed by atoms with Gasteiger partial charge in [-0.3, -0.25) is 10.1 Å². The molecule has 0 aliphatic carbocycles. The number of fused-ring (bicyclic) bond motifs is 1. The molecule has 4 N–H and O–H groups in total. The number of nitrogens with two attached hydrogens (primary N) is 1. The summed E-state index contributed by atoms with van der Waals surface area (Å²) in [5.41, 5.74) is 6.52. The average Bonchev–Trinajstić information content (AvgIpc) is 3.21. The summed E-state index contributed by atoms with van der Waals surface area (Å²) in [6, 6.07) is 9.71. The summed E-state index contributed by atoms with van der Waals surface area (Å²) >= 11 is 1.81. The lowest BCUT2D eigenvalue weighted by atomic mass is 10.0. The van der Waals surface area contributed by atoms with E-state index >= 15 is 0 Å². The molecule has 3 unspecified atom stereocenters. The lowest BCUT2D eigenvalue weighted by Gasteiger charge is -2.26. The Labute approximate surface area is 141 Å². The number of epoxide rings is 1. The second kappa shape index (κ2) is 6.81. The number of carbonyl (C=O) groups is 1. The molecule has 3 rings (SSSR count). The van der Waals surface area contributed by atoms with Crippen molar-refractivity contribution in [1.29, 1.82) is 0 Å². The molecule has 1 aromatic rings. The zero-order valence-electron chi connectivity index (χ0n) is 13.6. The van der Waals surface area contributed by atoms with Crippen molar-refractivity contribution in [3.05, 3.63) is 35.9 Å². The number of rotatable bonds is 5. The van der Waals surface area contributed by atoms with Crippen LogP contribution in [0.15, 0.2) is 30.3 Å². The summed E-state index contributed by atoms with van der Waals surface area (Å²) in [4.78, 5) is 12.5. The van der Waals surface area contributed by atoms with Crippen molar-refractivity contribution in [3.63, 3.8) is 0 Å². The van der Waals surface area contributed by atoms with Gasteiger partial charge in [0.15, 0.2) is 12.0 Å². The van der Waals surface area contributed by atoms with Crippen LogP contribution in [0.4, 0.5) is 0 Å². The molecule has 0 radical (unpaired) electrons. The second-order valence-corrected chi connectivity index (χ2v) is 7.84. The number of hydrogen-bond acceptors (Lipinski definition) is 5. The van der Waals surface area contributed by atoms with Gasteiger partial charge in [0.1, 0.15) is 0 Å². The van der Waals surface area contributed by atoms with Crippen LogP contribution in [0.2, 0.25) is 0 Å². The predicted molar refractivity (Wildman–Crippen MR) is 92.8 cm³/mol. The third-order valence-corrected chi connectivity index (χ3v) is 5.63. The van der Waals surface area contributed by atoms with Crippen LogP contribution >= 0.6 is 11.8 Å². The first kappa shape index (κ1) is 16.8. The largest absolute Gasteiger partial charge is 0.327 e. The molecule has 126 valence electrons. The van der Waals surface area contributed by atoms with Gasteiger partial charge < -0.3 is 15.8 Å². The van der Waals surface area contributed by atoms with E-state index < -0.39 is 11.8 Å². The minimum absolute atomic E-state index is 0.0684. The van der Waals surface area contributed by atoms with E-state index in [1.165, 1.54) is 5.56 Å². The Morgan fingerprint density at radius 1 is 1.48 bits per heavy atom. The summed E-state index contributed by atoms with van der Waals surface area (Å²) in [7, 11) is 0. The highest BCUT2D eigenvalue weighted by Crippen LogP contribution is 2.51. The molecule has 4 atom stereocenters. The van der Waals surface area contributed by atoms with Crippen LogP contribution in [0.25, 0.3) is 0 Å². The molecule has 2 aliphatic heterocycles. The molecule has 2 fully saturated rings. The number of hydrogen-bond donors (Lipinski definition) is 3. The third-order valence-electron chi connectivity index (χ3n) is 4.23. The average molecular weight is 335 g/mol. The molecular weight excluding hydrogens is 310 g/mol. The molecule has 1 amide bonds. The molecule has 2 aliphatic rings. The van der Waals surface area contributed by atoms with E-state index in [0.717, 1.165) is 12.3 Å². The van der Waals surface area contributed by atoms with Gasteiger partial charge in [0.25, 0.3) is 0 Å². The van der Waals surface area contributed by atoms with Crippen molar-refractivity contribution in [3.8, 4) is 0 Å². The molecule has 23 heavy (non-hydrogen) atoms. The number of thioether (sulfide) groups is 1. The number of nitrogens with one attached hydrogen (secondary N) is 2. The van der Waals surface area contributed by atoms with Crippen molar-refractivity contribution < 1.29 is 9.53 Å². The molecule has 2 heterocycles. The summed E-state index contributed by atoms with van der Waals surface area (Å²) in [5.74, 6) is 1.23. The fourth-order valence-corrected chi connectivity index (χ4v) is 4.38. The van der Waals surface area contributed by atoms with Gasteiger partial charge in [0.05, 0.1) is 11.3 Å². The molecule has 0 aromatic heterocycles. The Balaban J connectivity index is 1.78. The van der Waals surface area contributed by atoms with Crippen LogP contribution in [0.3, 0.4) is 0 Å². The van der Waals surface area contributed by atoms with Gasteiger partial charge in [-0.25, -0.2) is 0 Å². The monoisotopic (exact) mass is 335 g/mol. The van der Waals surface area contributed by atoms with Crippen molar-refractivity contribution in [2.75, 3.05) is 12.3 Å². The standard InChI is InChI=1S/C17H25N3O2S/c1-11(2)10-13(18)15(21)20-17-14(12-6-4-3-5-7-12)23-9-8-19-16(17)22-17/h3-7,11,13-14,16,19H,8-10,18H2,1-2H3,(H,20,21)/t13-,14?,16?,17?/m0/s1. The second-order valence-electron chi connectivity index (χ2n) is 6.63. The summed E-state index contributed by atoms with van der Waals surface area (Å²) < 4.78 is 5.92. The van der Waals surface area contributed by atoms with E-state index in [9.17, 15) is 4.79 Å². The highest BCUT2D eigenvalue weighted by molar-refractivity contribution is 7.99. The van der Waals surface area contributed by atoms with Gasteiger partial charge in [-0.15, -0.1) is 11.8 Å². The molecular formula is C17H25N3O2S. The van der Waals surface area contributed by atoms with E-state index in [0.29, 0.717) is 12.3 Å². The summed E-state index contributed by atoms with van der Waals surface area (Å²) in [6.07, 6.45) is 0.529. The molecule has 5 nitrogen and oxygen atoms in total. The Hall–Kier alpha value is -1.08. The summed E-state index contributed by atoms with van der Waals surface area (Å²) in [5, 5.41) is 6.51. The zero-order valence-corrected chi connectivity index (χ0v) is 14.4. The van der Waals surface area contributed by atoms with E-state index in [-0.39, 0.29) is 17.4 Å². The van der Waals surface area contributed by atoms with Gasteiger partial charge >= 0.3 is 0 Å². The van der Waals surface area contributed by atoms with Crippen molar-refractivity contribution in [2.24, 2.45) is 11.7 Å². The van der Waals surface area contributed by atoms with E-state index in [1.54, 1.807) is 0 Å². The Bertz CT molecular complexity index is 554. The number of ether oxygens (including phenoxy) is 1. The van der Waals surface area contributed by atoms with Crippen molar-refractivity contribution in [1.82, 2.24) is 10.6 Å².